The zero-order valence-corrected chi connectivity index (χ0v) is 17.8. The van der Waals surface area contributed by atoms with Gasteiger partial charge in [-0.05, 0) is 62.5 Å². The lowest BCUT2D eigenvalue weighted by atomic mass is 10.00. The summed E-state index contributed by atoms with van der Waals surface area (Å²) < 4.78 is 0. The Bertz CT molecular complexity index is 1200. The highest BCUT2D eigenvalue weighted by Crippen LogP contribution is 2.33. The second kappa shape index (κ2) is 8.93. The molecule has 0 aliphatic heterocycles. The number of nitrogens with one attached hydrogen (secondary N) is 3. The van der Waals surface area contributed by atoms with Crippen molar-refractivity contribution in [2.45, 2.75) is 13.5 Å². The summed E-state index contributed by atoms with van der Waals surface area (Å²) >= 11 is 0. The second-order valence-electron chi connectivity index (χ2n) is 7.52. The number of amides is 2. The van der Waals surface area contributed by atoms with Crippen LogP contribution in [0.4, 0.5) is 10.7 Å². The quantitative estimate of drug-likeness (QED) is 0.444. The molecular weight excluding hydrogens is 390 g/mol. The van der Waals surface area contributed by atoms with Crippen LogP contribution in [-0.4, -0.2) is 51.5 Å². The Labute approximate surface area is 180 Å². The van der Waals surface area contributed by atoms with Gasteiger partial charge in [-0.1, -0.05) is 6.07 Å². The summed E-state index contributed by atoms with van der Waals surface area (Å²) in [7, 11) is 4.07. The summed E-state index contributed by atoms with van der Waals surface area (Å²) in [4.78, 5) is 30.8. The first-order valence-electron chi connectivity index (χ1n) is 10.1. The fourth-order valence-corrected chi connectivity index (χ4v) is 3.47. The van der Waals surface area contributed by atoms with E-state index in [2.05, 4.69) is 47.6 Å². The monoisotopic (exact) mass is 415 g/mol. The summed E-state index contributed by atoms with van der Waals surface area (Å²) in [5, 5.41) is 5.46. The van der Waals surface area contributed by atoms with Crippen LogP contribution in [0.5, 0.6) is 0 Å². The van der Waals surface area contributed by atoms with Crippen molar-refractivity contribution in [3.8, 4) is 22.4 Å². The van der Waals surface area contributed by atoms with Gasteiger partial charge in [-0.3, -0.25) is 15.3 Å². The van der Waals surface area contributed by atoms with E-state index in [0.29, 0.717) is 12.5 Å². The zero-order valence-electron chi connectivity index (χ0n) is 17.8. The molecule has 0 atom stereocenters. The number of carbonyl (C=O) groups excluding carboxylic acids is 1. The smallest absolute Gasteiger partial charge is 0.321 e. The average Bonchev–Trinajstić information content (AvgIpc) is 3.15. The van der Waals surface area contributed by atoms with E-state index in [1.165, 1.54) is 0 Å². The number of nitrogens with zero attached hydrogens (tertiary/aromatic N) is 4. The van der Waals surface area contributed by atoms with Gasteiger partial charge in [0.05, 0.1) is 16.7 Å². The number of carbonyl (C=O) groups is 1. The van der Waals surface area contributed by atoms with Crippen molar-refractivity contribution in [2.75, 3.05) is 26.0 Å². The van der Waals surface area contributed by atoms with Gasteiger partial charge in [0.1, 0.15) is 0 Å². The van der Waals surface area contributed by atoms with Gasteiger partial charge in [-0.25, -0.2) is 9.78 Å². The predicted octanol–water partition coefficient (Wildman–Crippen LogP) is 3.89. The SMILES string of the molecule is CCNC(=O)Nc1nc2c(-c3cc(CN(C)C)ccn3)cc(-c3cccnc3)cc2[nH]1. The molecule has 31 heavy (non-hydrogen) atoms. The number of hydrogen-bond acceptors (Lipinski definition) is 5. The maximum Gasteiger partial charge on any atom is 0.321 e. The molecular formula is C23H25N7O. The number of rotatable bonds is 6. The van der Waals surface area contributed by atoms with Gasteiger partial charge >= 0.3 is 6.03 Å². The molecule has 3 heterocycles. The van der Waals surface area contributed by atoms with E-state index in [9.17, 15) is 4.79 Å². The van der Waals surface area contributed by atoms with Crippen molar-refractivity contribution in [3.05, 3.63) is 60.6 Å². The van der Waals surface area contributed by atoms with Crippen LogP contribution in [0.2, 0.25) is 0 Å². The Morgan fingerprint density at radius 3 is 2.74 bits per heavy atom. The van der Waals surface area contributed by atoms with E-state index < -0.39 is 0 Å². The fraction of sp³-hybridized carbons (Fsp3) is 0.217. The first-order chi connectivity index (χ1) is 15.0. The molecule has 0 aliphatic rings. The number of hydrogen-bond donors (Lipinski definition) is 3. The van der Waals surface area contributed by atoms with Gasteiger partial charge in [-0.2, -0.15) is 0 Å². The lowest BCUT2D eigenvalue weighted by Gasteiger charge is -2.11. The molecule has 3 aromatic heterocycles. The van der Waals surface area contributed by atoms with Crippen molar-refractivity contribution < 1.29 is 4.79 Å². The van der Waals surface area contributed by atoms with Gasteiger partial charge < -0.3 is 15.2 Å². The molecule has 8 heteroatoms. The van der Waals surface area contributed by atoms with E-state index in [4.69, 9.17) is 0 Å². The van der Waals surface area contributed by atoms with Gasteiger partial charge in [0, 0.05) is 42.8 Å². The van der Waals surface area contributed by atoms with Crippen LogP contribution < -0.4 is 10.6 Å². The van der Waals surface area contributed by atoms with Crippen LogP contribution in [0.15, 0.2) is 55.0 Å². The summed E-state index contributed by atoms with van der Waals surface area (Å²) in [5.74, 6) is 0.384. The van der Waals surface area contributed by atoms with E-state index in [1.807, 2.05) is 57.7 Å². The molecule has 1 aromatic carbocycles. The number of urea groups is 1. The molecule has 0 unspecified atom stereocenters. The molecule has 8 nitrogen and oxygen atoms in total. The number of H-pyrrole nitrogens is 1. The molecule has 0 spiro atoms. The third kappa shape index (κ3) is 4.70. The zero-order chi connectivity index (χ0) is 21.8. The molecule has 0 fully saturated rings. The van der Waals surface area contributed by atoms with Crippen LogP contribution in [0.3, 0.4) is 0 Å². The van der Waals surface area contributed by atoms with Crippen molar-refractivity contribution in [2.24, 2.45) is 0 Å². The minimum atomic E-state index is -0.304. The maximum absolute atomic E-state index is 12.0. The third-order valence-corrected chi connectivity index (χ3v) is 4.75. The van der Waals surface area contributed by atoms with Crippen LogP contribution >= 0.6 is 0 Å². The average molecular weight is 416 g/mol. The van der Waals surface area contributed by atoms with Gasteiger partial charge in [-0.15, -0.1) is 0 Å². The molecule has 0 bridgehead atoms. The minimum absolute atomic E-state index is 0.304. The number of benzene rings is 1. The number of anilines is 1. The third-order valence-electron chi connectivity index (χ3n) is 4.75. The largest absolute Gasteiger partial charge is 0.338 e. The molecule has 2 amide bonds. The molecule has 4 rings (SSSR count). The molecule has 0 radical (unpaired) electrons. The molecule has 3 N–H and O–H groups in total. The first-order valence-corrected chi connectivity index (χ1v) is 10.1. The summed E-state index contributed by atoms with van der Waals surface area (Å²) in [6, 6.07) is 11.8. The lowest BCUT2D eigenvalue weighted by Crippen LogP contribution is -2.28. The van der Waals surface area contributed by atoms with E-state index >= 15 is 0 Å². The van der Waals surface area contributed by atoms with E-state index in [1.54, 1.807) is 6.20 Å². The molecule has 0 saturated carbocycles. The van der Waals surface area contributed by atoms with Gasteiger partial charge in [0.25, 0.3) is 0 Å². The number of fused-ring (bicyclic) bond motifs is 1. The predicted molar refractivity (Wildman–Crippen MR) is 123 cm³/mol. The van der Waals surface area contributed by atoms with Crippen molar-refractivity contribution in [1.82, 2.24) is 30.2 Å². The summed E-state index contributed by atoms with van der Waals surface area (Å²) in [6.45, 7) is 3.21. The number of imidazole rings is 1. The van der Waals surface area contributed by atoms with Crippen LogP contribution in [0, 0.1) is 0 Å². The topological polar surface area (TPSA) is 98.8 Å². The van der Waals surface area contributed by atoms with Crippen LogP contribution in [0.1, 0.15) is 12.5 Å². The minimum Gasteiger partial charge on any atom is -0.338 e. The number of aromatic nitrogens is 4. The Morgan fingerprint density at radius 1 is 1.13 bits per heavy atom. The Morgan fingerprint density at radius 2 is 2.00 bits per heavy atom. The fourth-order valence-electron chi connectivity index (χ4n) is 3.47. The highest BCUT2D eigenvalue weighted by Gasteiger charge is 2.15. The van der Waals surface area contributed by atoms with Crippen molar-refractivity contribution >= 4 is 23.0 Å². The number of aromatic amines is 1. The van der Waals surface area contributed by atoms with Crippen LogP contribution in [0.25, 0.3) is 33.4 Å². The summed E-state index contributed by atoms with van der Waals surface area (Å²) in [5.41, 5.74) is 6.40. The highest BCUT2D eigenvalue weighted by molar-refractivity contribution is 5.98. The first kappa shape index (κ1) is 20.5. The van der Waals surface area contributed by atoms with E-state index in [0.717, 1.165) is 45.5 Å². The van der Waals surface area contributed by atoms with Gasteiger partial charge in [0.15, 0.2) is 0 Å². The standard InChI is InChI=1S/C23H25N7O/c1-4-25-23(31)29-22-27-20-12-17(16-6-5-8-24-13-16)11-18(21(20)28-22)19-10-15(7-9-26-19)14-30(2)3/h5-13H,4,14H2,1-3H3,(H3,25,27,28,29,31). The maximum atomic E-state index is 12.0. The Kier molecular flexibility index (Phi) is 5.90. The molecule has 0 aliphatic carbocycles. The molecule has 0 saturated heterocycles. The van der Waals surface area contributed by atoms with Crippen LogP contribution in [-0.2, 0) is 6.54 Å². The second-order valence-corrected chi connectivity index (χ2v) is 7.52. The molecule has 158 valence electrons. The van der Waals surface area contributed by atoms with Gasteiger partial charge in [0.2, 0.25) is 5.95 Å². The Balaban J connectivity index is 1.85. The summed E-state index contributed by atoms with van der Waals surface area (Å²) in [6.07, 6.45) is 5.39. The molecule has 4 aromatic rings. The van der Waals surface area contributed by atoms with E-state index in [-0.39, 0.29) is 6.03 Å². The number of pyridine rings is 2. The van der Waals surface area contributed by atoms with Crippen molar-refractivity contribution in [1.29, 1.82) is 0 Å². The van der Waals surface area contributed by atoms with Crippen molar-refractivity contribution in [3.63, 3.8) is 0 Å². The Hall–Kier alpha value is -3.78. The lowest BCUT2D eigenvalue weighted by molar-refractivity contribution is 0.252. The highest BCUT2D eigenvalue weighted by atomic mass is 16.2. The normalized spacial score (nSPS) is 11.1.